The summed E-state index contributed by atoms with van der Waals surface area (Å²) in [4.78, 5) is 30.3. The highest BCUT2D eigenvalue weighted by Gasteiger charge is 2.18. The maximum atomic E-state index is 12.7. The molecular weight excluding hydrogens is 382 g/mol. The number of nitrogens with one attached hydrogen (secondary N) is 1. The van der Waals surface area contributed by atoms with Crippen molar-refractivity contribution in [2.24, 2.45) is 0 Å². The Morgan fingerprint density at radius 3 is 2.57 bits per heavy atom. The van der Waals surface area contributed by atoms with E-state index in [0.29, 0.717) is 30.5 Å². The molecule has 1 aromatic carbocycles. The molecule has 0 radical (unpaired) electrons. The number of methoxy groups -OCH3 is 1. The quantitative estimate of drug-likeness (QED) is 0.607. The van der Waals surface area contributed by atoms with Gasteiger partial charge in [-0.25, -0.2) is 14.6 Å². The van der Waals surface area contributed by atoms with Gasteiger partial charge in [0.1, 0.15) is 10.8 Å². The fourth-order valence-electron chi connectivity index (χ4n) is 2.30. The number of carbonyl (C=O) groups is 2. The molecule has 0 aliphatic rings. The van der Waals surface area contributed by atoms with E-state index in [1.54, 1.807) is 48.6 Å². The molecule has 0 saturated carbocycles. The van der Waals surface area contributed by atoms with Crippen LogP contribution in [0.15, 0.2) is 29.6 Å². The van der Waals surface area contributed by atoms with E-state index in [1.165, 1.54) is 11.3 Å². The summed E-state index contributed by atoms with van der Waals surface area (Å²) < 4.78 is 15.4. The van der Waals surface area contributed by atoms with Crippen molar-refractivity contribution >= 4 is 29.0 Å². The van der Waals surface area contributed by atoms with Gasteiger partial charge in [-0.3, -0.25) is 0 Å². The second kappa shape index (κ2) is 11.3. The lowest BCUT2D eigenvalue weighted by Crippen LogP contribution is -2.36. The lowest BCUT2D eigenvalue weighted by molar-refractivity contribution is 0.0520. The van der Waals surface area contributed by atoms with Gasteiger partial charge in [0.05, 0.1) is 26.4 Å². The van der Waals surface area contributed by atoms with Gasteiger partial charge in [-0.05, 0) is 38.1 Å². The minimum Gasteiger partial charge on any atom is -0.494 e. The molecule has 152 valence electrons. The molecule has 0 fully saturated rings. The highest BCUT2D eigenvalue weighted by Crippen LogP contribution is 2.18. The number of benzene rings is 1. The van der Waals surface area contributed by atoms with Crippen LogP contribution in [0.2, 0.25) is 0 Å². The minimum absolute atomic E-state index is 0.250. The first-order chi connectivity index (χ1) is 13.6. The summed E-state index contributed by atoms with van der Waals surface area (Å²) in [7, 11) is 1.57. The molecule has 1 aromatic heterocycles. The number of ether oxygens (including phenoxy) is 3. The third-order valence-electron chi connectivity index (χ3n) is 3.63. The molecule has 0 aliphatic heterocycles. The molecule has 28 heavy (non-hydrogen) atoms. The molecule has 0 atom stereocenters. The normalized spacial score (nSPS) is 10.4. The van der Waals surface area contributed by atoms with Crippen LogP contribution < -0.4 is 10.1 Å². The zero-order chi connectivity index (χ0) is 20.4. The molecule has 2 amide bonds. The number of thiazole rings is 1. The van der Waals surface area contributed by atoms with Crippen LogP contribution in [0, 0.1) is 0 Å². The molecule has 0 bridgehead atoms. The number of hydrogen-bond donors (Lipinski definition) is 1. The summed E-state index contributed by atoms with van der Waals surface area (Å²) in [6.07, 6.45) is 0. The second-order valence-electron chi connectivity index (χ2n) is 5.65. The summed E-state index contributed by atoms with van der Waals surface area (Å²) in [6, 6.07) is 6.86. The number of aromatic nitrogens is 1. The number of carbonyl (C=O) groups excluding carboxylic acids is 2. The number of nitrogens with zero attached hydrogens (tertiary/aromatic N) is 2. The van der Waals surface area contributed by atoms with Crippen LogP contribution in [0.4, 0.5) is 10.5 Å². The van der Waals surface area contributed by atoms with Gasteiger partial charge in [-0.1, -0.05) is 0 Å². The smallest absolute Gasteiger partial charge is 0.357 e. The SMILES string of the molecule is CCOC(=O)c1csc(CN(CCOC)C(=O)Nc2ccc(OCC)cc2)n1. The van der Waals surface area contributed by atoms with E-state index < -0.39 is 5.97 Å². The van der Waals surface area contributed by atoms with Crippen molar-refractivity contribution in [1.82, 2.24) is 9.88 Å². The predicted octanol–water partition coefficient (Wildman–Crippen LogP) is 3.40. The van der Waals surface area contributed by atoms with Crippen LogP contribution >= 0.6 is 11.3 Å². The van der Waals surface area contributed by atoms with Gasteiger partial charge in [0.15, 0.2) is 5.69 Å². The predicted molar refractivity (Wildman–Crippen MR) is 107 cm³/mol. The van der Waals surface area contributed by atoms with Crippen molar-refractivity contribution in [1.29, 1.82) is 0 Å². The van der Waals surface area contributed by atoms with Gasteiger partial charge in [-0.2, -0.15) is 0 Å². The minimum atomic E-state index is -0.465. The summed E-state index contributed by atoms with van der Waals surface area (Å²) in [5.74, 6) is 0.276. The fraction of sp³-hybridized carbons (Fsp3) is 0.421. The van der Waals surface area contributed by atoms with Crippen LogP contribution in [0.1, 0.15) is 29.3 Å². The first-order valence-electron chi connectivity index (χ1n) is 8.96. The standard InChI is InChI=1S/C19H25N3O5S/c1-4-26-15-8-6-14(7-9-15)20-19(24)22(10-11-25-3)12-17-21-16(13-28-17)18(23)27-5-2/h6-9,13H,4-5,10-12H2,1-3H3,(H,20,24). The van der Waals surface area contributed by atoms with E-state index in [-0.39, 0.29) is 24.9 Å². The third-order valence-corrected chi connectivity index (χ3v) is 4.47. The molecule has 2 aromatic rings. The second-order valence-corrected chi connectivity index (χ2v) is 6.59. The number of hydrogen-bond acceptors (Lipinski definition) is 7. The van der Waals surface area contributed by atoms with Gasteiger partial charge in [0.25, 0.3) is 0 Å². The van der Waals surface area contributed by atoms with E-state index in [2.05, 4.69) is 10.3 Å². The number of amides is 2. The Kier molecular flexibility index (Phi) is 8.70. The molecule has 0 unspecified atom stereocenters. The molecular formula is C19H25N3O5S. The molecule has 9 heteroatoms. The molecule has 0 aliphatic carbocycles. The van der Waals surface area contributed by atoms with Gasteiger partial charge in [-0.15, -0.1) is 11.3 Å². The van der Waals surface area contributed by atoms with E-state index in [9.17, 15) is 9.59 Å². The van der Waals surface area contributed by atoms with E-state index in [1.807, 2.05) is 6.92 Å². The van der Waals surface area contributed by atoms with Gasteiger partial charge in [0, 0.05) is 24.7 Å². The Morgan fingerprint density at radius 1 is 1.18 bits per heavy atom. The Morgan fingerprint density at radius 2 is 1.93 bits per heavy atom. The van der Waals surface area contributed by atoms with Crippen molar-refractivity contribution in [3.63, 3.8) is 0 Å². The Hall–Kier alpha value is -2.65. The van der Waals surface area contributed by atoms with Crippen LogP contribution in [0.25, 0.3) is 0 Å². The molecule has 0 saturated heterocycles. The van der Waals surface area contributed by atoms with E-state index in [0.717, 1.165) is 5.75 Å². The number of anilines is 1. The van der Waals surface area contributed by atoms with E-state index >= 15 is 0 Å². The topological polar surface area (TPSA) is 90.0 Å². The van der Waals surface area contributed by atoms with Crippen molar-refractivity contribution in [2.75, 3.05) is 38.8 Å². The first-order valence-corrected chi connectivity index (χ1v) is 9.84. The van der Waals surface area contributed by atoms with Crippen LogP contribution in [0.5, 0.6) is 5.75 Å². The lowest BCUT2D eigenvalue weighted by atomic mass is 10.3. The van der Waals surface area contributed by atoms with Gasteiger partial charge < -0.3 is 24.4 Å². The maximum Gasteiger partial charge on any atom is 0.357 e. The number of rotatable bonds is 10. The number of urea groups is 1. The Bertz CT molecular complexity index is 763. The average Bonchev–Trinajstić information content (AvgIpc) is 3.16. The van der Waals surface area contributed by atoms with Crippen LogP contribution in [-0.2, 0) is 16.0 Å². The third kappa shape index (κ3) is 6.50. The number of esters is 1. The van der Waals surface area contributed by atoms with Crippen LogP contribution in [-0.4, -0.2) is 55.4 Å². The van der Waals surface area contributed by atoms with Crippen LogP contribution in [0.3, 0.4) is 0 Å². The molecule has 0 spiro atoms. The van der Waals surface area contributed by atoms with Gasteiger partial charge in [0.2, 0.25) is 0 Å². The summed E-state index contributed by atoms with van der Waals surface area (Å²) >= 11 is 1.31. The lowest BCUT2D eigenvalue weighted by Gasteiger charge is -2.22. The van der Waals surface area contributed by atoms with Crippen molar-refractivity contribution < 1.29 is 23.8 Å². The van der Waals surface area contributed by atoms with Crippen molar-refractivity contribution in [3.8, 4) is 5.75 Å². The summed E-state index contributed by atoms with van der Waals surface area (Å²) in [5, 5.41) is 5.12. The molecule has 8 nitrogen and oxygen atoms in total. The zero-order valence-electron chi connectivity index (χ0n) is 16.3. The monoisotopic (exact) mass is 407 g/mol. The van der Waals surface area contributed by atoms with E-state index in [4.69, 9.17) is 14.2 Å². The van der Waals surface area contributed by atoms with Gasteiger partial charge >= 0.3 is 12.0 Å². The Labute approximate surface area is 168 Å². The summed E-state index contributed by atoms with van der Waals surface area (Å²) in [5.41, 5.74) is 0.905. The van der Waals surface area contributed by atoms with Crippen molar-refractivity contribution in [3.05, 3.63) is 40.3 Å². The molecule has 1 heterocycles. The highest BCUT2D eigenvalue weighted by molar-refractivity contribution is 7.09. The largest absolute Gasteiger partial charge is 0.494 e. The zero-order valence-corrected chi connectivity index (χ0v) is 17.1. The first kappa shape index (κ1) is 21.6. The Balaban J connectivity index is 2.03. The maximum absolute atomic E-state index is 12.7. The highest BCUT2D eigenvalue weighted by atomic mass is 32.1. The molecule has 2 rings (SSSR count). The van der Waals surface area contributed by atoms with Crippen molar-refractivity contribution in [2.45, 2.75) is 20.4 Å². The molecule has 1 N–H and O–H groups in total. The fourth-order valence-corrected chi connectivity index (χ4v) is 3.08. The average molecular weight is 407 g/mol. The summed E-state index contributed by atoms with van der Waals surface area (Å²) in [6.45, 7) is 5.54.